The molecule has 0 radical (unpaired) electrons. The molecule has 0 aliphatic carbocycles. The minimum absolute atomic E-state index is 0.0614. The van der Waals surface area contributed by atoms with Crippen LogP contribution in [-0.2, 0) is 11.3 Å². The predicted octanol–water partition coefficient (Wildman–Crippen LogP) is 6.15. The summed E-state index contributed by atoms with van der Waals surface area (Å²) in [6.07, 6.45) is 5.13. The van der Waals surface area contributed by atoms with Gasteiger partial charge in [0.25, 0.3) is 5.91 Å². The van der Waals surface area contributed by atoms with E-state index in [9.17, 15) is 9.59 Å². The van der Waals surface area contributed by atoms with Crippen molar-refractivity contribution in [2.24, 2.45) is 0 Å². The van der Waals surface area contributed by atoms with Crippen LogP contribution in [0.5, 0.6) is 0 Å². The Morgan fingerprint density at radius 1 is 1.12 bits per heavy atom. The summed E-state index contributed by atoms with van der Waals surface area (Å²) in [7, 11) is 0. The molecular weight excluding hydrogens is 434 g/mol. The molecule has 1 fully saturated rings. The number of halogens is 1. The van der Waals surface area contributed by atoms with Crippen LogP contribution < -0.4 is 10.2 Å². The van der Waals surface area contributed by atoms with Crippen molar-refractivity contribution in [3.8, 4) is 0 Å². The van der Waals surface area contributed by atoms with E-state index < -0.39 is 6.03 Å². The maximum Gasteiger partial charge on any atom is 0.329 e. The Bertz CT molecular complexity index is 1200. The summed E-state index contributed by atoms with van der Waals surface area (Å²) in [6, 6.07) is 11.1. The summed E-state index contributed by atoms with van der Waals surface area (Å²) in [5.41, 5.74) is 6.50. The molecule has 0 aromatic heterocycles. The van der Waals surface area contributed by atoms with Crippen LogP contribution in [0, 0.1) is 6.92 Å². The van der Waals surface area contributed by atoms with Crippen LogP contribution in [0.15, 0.2) is 48.2 Å². The highest BCUT2D eigenvalue weighted by atomic mass is 35.5. The first kappa shape index (κ1) is 23.1. The SMILES string of the molecule is CCCN1c2cc(C)c(/C=C3/NC(=O)N(Cc4ccccc4Cl)C3=O)cc2C(C)=CC1(C)C. The van der Waals surface area contributed by atoms with E-state index in [2.05, 4.69) is 56.1 Å². The van der Waals surface area contributed by atoms with E-state index >= 15 is 0 Å². The number of benzene rings is 2. The van der Waals surface area contributed by atoms with Crippen molar-refractivity contribution in [2.45, 2.75) is 53.1 Å². The first-order valence-electron chi connectivity index (χ1n) is 11.3. The molecule has 6 heteroatoms. The fraction of sp³-hybridized carbons (Fsp3) is 0.333. The molecule has 3 amide bonds. The number of nitrogens with one attached hydrogen (secondary N) is 1. The number of hydrogen-bond acceptors (Lipinski definition) is 3. The first-order chi connectivity index (χ1) is 15.6. The molecule has 0 atom stereocenters. The smallest absolute Gasteiger partial charge is 0.329 e. The predicted molar refractivity (Wildman–Crippen MR) is 135 cm³/mol. The van der Waals surface area contributed by atoms with Crippen LogP contribution in [0.2, 0.25) is 5.02 Å². The molecule has 172 valence electrons. The zero-order valence-electron chi connectivity index (χ0n) is 19.8. The number of carbonyl (C=O) groups excluding carboxylic acids is 2. The van der Waals surface area contributed by atoms with Gasteiger partial charge in [-0.1, -0.05) is 42.8 Å². The summed E-state index contributed by atoms with van der Waals surface area (Å²) >= 11 is 6.23. The number of allylic oxidation sites excluding steroid dienone is 1. The Hall–Kier alpha value is -3.05. The zero-order chi connectivity index (χ0) is 23.9. The van der Waals surface area contributed by atoms with E-state index in [1.54, 1.807) is 12.1 Å². The molecule has 2 aliphatic rings. The highest BCUT2D eigenvalue weighted by molar-refractivity contribution is 6.31. The summed E-state index contributed by atoms with van der Waals surface area (Å²) in [5, 5.41) is 3.26. The van der Waals surface area contributed by atoms with Crippen LogP contribution in [0.4, 0.5) is 10.5 Å². The first-order valence-corrected chi connectivity index (χ1v) is 11.7. The van der Waals surface area contributed by atoms with E-state index in [-0.39, 0.29) is 23.7 Å². The third-order valence-corrected chi connectivity index (χ3v) is 6.73. The van der Waals surface area contributed by atoms with Crippen molar-refractivity contribution in [2.75, 3.05) is 11.4 Å². The van der Waals surface area contributed by atoms with E-state index in [1.807, 2.05) is 25.1 Å². The summed E-state index contributed by atoms with van der Waals surface area (Å²) < 4.78 is 0. The minimum Gasteiger partial charge on any atom is -0.362 e. The van der Waals surface area contributed by atoms with Crippen LogP contribution in [-0.4, -0.2) is 28.9 Å². The lowest BCUT2D eigenvalue weighted by Crippen LogP contribution is -2.45. The summed E-state index contributed by atoms with van der Waals surface area (Å²) in [6.45, 7) is 11.9. The second kappa shape index (κ2) is 8.71. The Labute approximate surface area is 200 Å². The number of imide groups is 1. The molecule has 0 unspecified atom stereocenters. The van der Waals surface area contributed by atoms with Gasteiger partial charge in [-0.25, -0.2) is 4.79 Å². The van der Waals surface area contributed by atoms with Gasteiger partial charge in [-0.05, 0) is 80.7 Å². The molecule has 2 aliphatic heterocycles. The number of rotatable bonds is 5. The number of fused-ring (bicyclic) bond motifs is 1. The molecule has 33 heavy (non-hydrogen) atoms. The third kappa shape index (κ3) is 4.30. The van der Waals surface area contributed by atoms with Gasteiger partial charge >= 0.3 is 6.03 Å². The molecule has 0 spiro atoms. The number of carbonyl (C=O) groups is 2. The third-order valence-electron chi connectivity index (χ3n) is 6.36. The Morgan fingerprint density at radius 2 is 1.85 bits per heavy atom. The maximum atomic E-state index is 13.0. The Morgan fingerprint density at radius 3 is 2.55 bits per heavy atom. The minimum atomic E-state index is -0.436. The monoisotopic (exact) mass is 463 g/mol. The van der Waals surface area contributed by atoms with Gasteiger partial charge in [-0.15, -0.1) is 0 Å². The maximum absolute atomic E-state index is 13.0. The fourth-order valence-corrected chi connectivity index (χ4v) is 4.90. The van der Waals surface area contributed by atoms with Gasteiger partial charge in [0.2, 0.25) is 0 Å². The lowest BCUT2D eigenvalue weighted by Gasteiger charge is -2.43. The standard InChI is InChI=1S/C27H30ClN3O2/c1-6-11-31-24-12-17(2)20(13-21(24)18(3)15-27(31,4)5)14-23-25(32)30(26(33)29-23)16-19-9-7-8-10-22(19)28/h7-10,12-15H,6,11,16H2,1-5H3,(H,29,33)/b23-14+. The number of urea groups is 1. The van der Waals surface area contributed by atoms with Gasteiger partial charge in [0.15, 0.2) is 0 Å². The molecule has 2 aromatic rings. The van der Waals surface area contributed by atoms with Gasteiger partial charge in [0, 0.05) is 22.8 Å². The van der Waals surface area contributed by atoms with Gasteiger partial charge < -0.3 is 10.2 Å². The molecular formula is C27H30ClN3O2. The van der Waals surface area contributed by atoms with Gasteiger partial charge in [-0.2, -0.15) is 0 Å². The number of aryl methyl sites for hydroxylation is 1. The van der Waals surface area contributed by atoms with Crippen molar-refractivity contribution in [3.63, 3.8) is 0 Å². The van der Waals surface area contributed by atoms with Crippen LogP contribution in [0.25, 0.3) is 11.6 Å². The van der Waals surface area contributed by atoms with Gasteiger partial charge in [0.1, 0.15) is 5.70 Å². The van der Waals surface area contributed by atoms with Crippen LogP contribution >= 0.6 is 11.6 Å². The van der Waals surface area contributed by atoms with Crippen molar-refractivity contribution in [1.29, 1.82) is 0 Å². The summed E-state index contributed by atoms with van der Waals surface area (Å²) in [5.74, 6) is -0.349. The fourth-order valence-electron chi connectivity index (χ4n) is 4.70. The lowest BCUT2D eigenvalue weighted by atomic mass is 9.86. The van der Waals surface area contributed by atoms with Gasteiger partial charge in [0.05, 0.1) is 12.1 Å². The second-order valence-electron chi connectivity index (χ2n) is 9.33. The van der Waals surface area contributed by atoms with E-state index in [0.717, 1.165) is 35.2 Å². The molecule has 4 rings (SSSR count). The molecule has 0 bridgehead atoms. The Kier molecular flexibility index (Phi) is 6.10. The van der Waals surface area contributed by atoms with Gasteiger partial charge in [-0.3, -0.25) is 9.69 Å². The highest BCUT2D eigenvalue weighted by Crippen LogP contribution is 2.40. The van der Waals surface area contributed by atoms with E-state index in [4.69, 9.17) is 11.6 Å². The van der Waals surface area contributed by atoms with E-state index in [0.29, 0.717) is 5.02 Å². The quantitative estimate of drug-likeness (QED) is 0.427. The molecule has 1 saturated heterocycles. The van der Waals surface area contributed by atoms with Crippen LogP contribution in [0.3, 0.4) is 0 Å². The highest BCUT2D eigenvalue weighted by Gasteiger charge is 2.35. The Balaban J connectivity index is 1.68. The molecule has 0 saturated carbocycles. The molecule has 5 nitrogen and oxygen atoms in total. The zero-order valence-corrected chi connectivity index (χ0v) is 20.6. The largest absolute Gasteiger partial charge is 0.362 e. The molecule has 2 aromatic carbocycles. The normalized spacial score (nSPS) is 18.5. The molecule has 2 heterocycles. The van der Waals surface area contributed by atoms with Crippen molar-refractivity contribution >= 4 is 40.9 Å². The van der Waals surface area contributed by atoms with Crippen LogP contribution in [0.1, 0.15) is 56.4 Å². The average molecular weight is 464 g/mol. The van der Waals surface area contributed by atoms with Crippen molar-refractivity contribution in [3.05, 3.63) is 75.4 Å². The van der Waals surface area contributed by atoms with E-state index in [1.165, 1.54) is 16.2 Å². The number of anilines is 1. The number of nitrogens with zero attached hydrogens (tertiary/aromatic N) is 2. The molecule has 1 N–H and O–H groups in total. The topological polar surface area (TPSA) is 52.7 Å². The average Bonchev–Trinajstić information content (AvgIpc) is 3.00. The second-order valence-corrected chi connectivity index (χ2v) is 9.74. The number of amides is 3. The summed E-state index contributed by atoms with van der Waals surface area (Å²) in [4.78, 5) is 29.2. The van der Waals surface area contributed by atoms with Crippen molar-refractivity contribution in [1.82, 2.24) is 10.2 Å². The van der Waals surface area contributed by atoms with Crippen molar-refractivity contribution < 1.29 is 9.59 Å². The lowest BCUT2D eigenvalue weighted by molar-refractivity contribution is -0.123. The number of hydrogen-bond donors (Lipinski definition) is 1.